The largest absolute Gasteiger partial charge is 0.394 e. The van der Waals surface area contributed by atoms with E-state index in [0.29, 0.717) is 5.56 Å². The Morgan fingerprint density at radius 1 is 0.967 bits per heavy atom. The number of aromatic nitrogens is 1. The van der Waals surface area contributed by atoms with Crippen molar-refractivity contribution in [3.05, 3.63) is 82.6 Å². The van der Waals surface area contributed by atoms with Crippen molar-refractivity contribution in [2.24, 2.45) is 0 Å². The first-order valence-corrected chi connectivity index (χ1v) is 8.95. The fourth-order valence-corrected chi connectivity index (χ4v) is 3.17. The summed E-state index contributed by atoms with van der Waals surface area (Å²) >= 11 is 0. The molecule has 1 heterocycles. The van der Waals surface area contributed by atoms with Crippen molar-refractivity contribution in [2.45, 2.75) is 6.04 Å². The van der Waals surface area contributed by atoms with Gasteiger partial charge in [0.15, 0.2) is 17.4 Å². The molecule has 0 spiro atoms. The molecule has 150 valence electrons. The second kappa shape index (κ2) is 7.72. The van der Waals surface area contributed by atoms with E-state index in [1.165, 1.54) is 30.5 Å². The molecule has 3 N–H and O–H groups in total. The van der Waals surface area contributed by atoms with E-state index < -0.39 is 24.5 Å². The molecule has 4 rings (SSSR count). The minimum Gasteiger partial charge on any atom is -0.394 e. The van der Waals surface area contributed by atoms with Gasteiger partial charge in [-0.15, -0.1) is 0 Å². The van der Waals surface area contributed by atoms with Crippen LogP contribution in [0.25, 0.3) is 0 Å². The van der Waals surface area contributed by atoms with E-state index >= 15 is 0 Å². The lowest BCUT2D eigenvalue weighted by Crippen LogP contribution is -2.46. The van der Waals surface area contributed by atoms with Crippen LogP contribution in [0.4, 0.5) is 5.82 Å². The van der Waals surface area contributed by atoms with E-state index in [1.807, 2.05) is 0 Å². The molecule has 2 amide bonds. The van der Waals surface area contributed by atoms with Crippen LogP contribution in [0.15, 0.2) is 59.3 Å². The van der Waals surface area contributed by atoms with E-state index in [0.717, 1.165) is 0 Å². The Morgan fingerprint density at radius 2 is 1.63 bits per heavy atom. The molecule has 1 aromatic heterocycles. The molecule has 0 radical (unpaired) electrons. The van der Waals surface area contributed by atoms with Crippen LogP contribution in [0.5, 0.6) is 0 Å². The number of hydrogen-bond acceptors (Lipinski definition) is 7. The van der Waals surface area contributed by atoms with Crippen LogP contribution in [-0.2, 0) is 4.79 Å². The lowest BCUT2D eigenvalue weighted by Gasteiger charge is -2.19. The highest BCUT2D eigenvalue weighted by Gasteiger charge is 2.30. The zero-order valence-electron chi connectivity index (χ0n) is 15.4. The lowest BCUT2D eigenvalue weighted by molar-refractivity contribution is -0.118. The maximum absolute atomic E-state index is 12.8. The van der Waals surface area contributed by atoms with Crippen LogP contribution in [-0.4, -0.2) is 46.3 Å². The van der Waals surface area contributed by atoms with Crippen LogP contribution in [0.3, 0.4) is 0 Å². The maximum atomic E-state index is 12.8. The molecule has 0 aliphatic heterocycles. The summed E-state index contributed by atoms with van der Waals surface area (Å²) in [4.78, 5) is 50.3. The van der Waals surface area contributed by atoms with Crippen molar-refractivity contribution < 1.29 is 28.8 Å². The second-order valence-corrected chi connectivity index (χ2v) is 6.55. The van der Waals surface area contributed by atoms with E-state index in [4.69, 9.17) is 0 Å². The Morgan fingerprint density at radius 3 is 2.27 bits per heavy atom. The quantitative estimate of drug-likeness (QED) is 0.453. The van der Waals surface area contributed by atoms with Crippen LogP contribution in [0, 0.1) is 0 Å². The summed E-state index contributed by atoms with van der Waals surface area (Å²) in [6.07, 6.45) is 1.26. The molecule has 9 heteroatoms. The van der Waals surface area contributed by atoms with E-state index in [2.05, 4.69) is 20.3 Å². The Hall–Kier alpha value is -4.11. The predicted octanol–water partition coefficient (Wildman–Crippen LogP) is 1.18. The summed E-state index contributed by atoms with van der Waals surface area (Å²) in [6.45, 7) is -0.662. The average molecular weight is 405 g/mol. The molecule has 0 saturated carbocycles. The first-order valence-electron chi connectivity index (χ1n) is 8.95. The van der Waals surface area contributed by atoms with Crippen molar-refractivity contribution in [1.82, 2.24) is 10.5 Å². The van der Waals surface area contributed by atoms with Crippen molar-refractivity contribution in [3.63, 3.8) is 0 Å². The number of aliphatic hydroxyl groups excluding tert-OH is 1. The number of aliphatic hydroxyl groups is 1. The number of anilines is 1. The number of nitrogens with zero attached hydrogens (tertiary/aromatic N) is 1. The number of nitrogens with one attached hydrogen (secondary N) is 2. The third kappa shape index (κ3) is 3.38. The normalized spacial score (nSPS) is 13.2. The highest BCUT2D eigenvalue weighted by atomic mass is 16.5. The lowest BCUT2D eigenvalue weighted by atomic mass is 9.83. The molecule has 2 aromatic carbocycles. The fourth-order valence-electron chi connectivity index (χ4n) is 3.17. The molecule has 1 atom stereocenters. The molecule has 0 saturated heterocycles. The Balaban J connectivity index is 1.56. The summed E-state index contributed by atoms with van der Waals surface area (Å²) in [5.41, 5.74) is 0.975. The van der Waals surface area contributed by atoms with Gasteiger partial charge in [0, 0.05) is 33.9 Å². The molecular weight excluding hydrogens is 390 g/mol. The first-order chi connectivity index (χ1) is 14.5. The van der Waals surface area contributed by atoms with Crippen LogP contribution in [0.2, 0.25) is 0 Å². The third-order valence-electron chi connectivity index (χ3n) is 4.68. The highest BCUT2D eigenvalue weighted by Crippen LogP contribution is 2.27. The monoisotopic (exact) mass is 405 g/mol. The predicted molar refractivity (Wildman–Crippen MR) is 103 cm³/mol. The zero-order chi connectivity index (χ0) is 21.3. The number of fused-ring (bicyclic) bond motifs is 2. The number of carbonyl (C=O) groups is 4. The third-order valence-corrected chi connectivity index (χ3v) is 4.68. The molecule has 0 unspecified atom stereocenters. The molecule has 0 bridgehead atoms. The molecule has 9 nitrogen and oxygen atoms in total. The average Bonchev–Trinajstić information content (AvgIpc) is 3.28. The maximum Gasteiger partial charge on any atom is 0.252 e. The number of carbonyl (C=O) groups excluding carboxylic acids is 4. The van der Waals surface area contributed by atoms with E-state index in [9.17, 15) is 24.3 Å². The van der Waals surface area contributed by atoms with Gasteiger partial charge in [-0.1, -0.05) is 29.4 Å². The van der Waals surface area contributed by atoms with E-state index in [1.54, 1.807) is 24.3 Å². The first kappa shape index (κ1) is 19.2. The number of benzene rings is 2. The number of ketones is 2. The smallest absolute Gasteiger partial charge is 0.252 e. The van der Waals surface area contributed by atoms with Crippen molar-refractivity contribution in [3.8, 4) is 0 Å². The number of amides is 2. The van der Waals surface area contributed by atoms with Gasteiger partial charge >= 0.3 is 0 Å². The summed E-state index contributed by atoms with van der Waals surface area (Å²) < 4.78 is 4.60. The minimum atomic E-state index is -1.26. The van der Waals surface area contributed by atoms with Gasteiger partial charge in [-0.2, -0.15) is 0 Å². The SMILES string of the molecule is O=C(N[C@@H](CO)C(=O)Nc1ccon1)c1ccc2c(c1)C(=O)c1ccccc1C2=O. The van der Waals surface area contributed by atoms with Crippen molar-refractivity contribution in [2.75, 3.05) is 11.9 Å². The fraction of sp³-hybridized carbons (Fsp3) is 0.0952. The van der Waals surface area contributed by atoms with Crippen LogP contribution in [0.1, 0.15) is 42.2 Å². The summed E-state index contributed by atoms with van der Waals surface area (Å²) in [7, 11) is 0. The van der Waals surface area contributed by atoms with E-state index in [-0.39, 0.29) is 39.6 Å². The van der Waals surface area contributed by atoms with Gasteiger partial charge in [0.1, 0.15) is 12.3 Å². The molecule has 1 aliphatic rings. The molecule has 3 aromatic rings. The van der Waals surface area contributed by atoms with Gasteiger partial charge in [0.2, 0.25) is 0 Å². The van der Waals surface area contributed by atoms with Gasteiger partial charge in [-0.05, 0) is 18.2 Å². The second-order valence-electron chi connectivity index (χ2n) is 6.55. The highest BCUT2D eigenvalue weighted by molar-refractivity contribution is 6.28. The van der Waals surface area contributed by atoms with Crippen LogP contribution >= 0.6 is 0 Å². The topological polar surface area (TPSA) is 139 Å². The number of rotatable bonds is 5. The standard InChI is InChI=1S/C21H15N3O6/c25-10-16(21(29)23-17-7-8-30-24-17)22-20(28)11-5-6-14-15(9-11)19(27)13-4-2-1-3-12(13)18(14)26/h1-9,16,25H,10H2,(H,22,28)(H,23,24,29)/t16-/m0/s1. The Labute approximate surface area is 169 Å². The molecule has 1 aliphatic carbocycles. The minimum absolute atomic E-state index is 0.0713. The molecule has 0 fully saturated rings. The summed E-state index contributed by atoms with van der Waals surface area (Å²) in [6, 6.07) is 10.7. The Bertz CT molecular complexity index is 1170. The zero-order valence-corrected chi connectivity index (χ0v) is 15.4. The molecular formula is C21H15N3O6. The summed E-state index contributed by atoms with van der Waals surface area (Å²) in [5, 5.41) is 17.8. The van der Waals surface area contributed by atoms with Crippen LogP contribution < -0.4 is 10.6 Å². The van der Waals surface area contributed by atoms with Crippen molar-refractivity contribution >= 4 is 29.2 Å². The van der Waals surface area contributed by atoms with Gasteiger partial charge in [-0.3, -0.25) is 19.2 Å². The molecule has 30 heavy (non-hydrogen) atoms. The van der Waals surface area contributed by atoms with Gasteiger partial charge in [-0.25, -0.2) is 0 Å². The van der Waals surface area contributed by atoms with Gasteiger partial charge < -0.3 is 20.3 Å². The van der Waals surface area contributed by atoms with Crippen molar-refractivity contribution in [1.29, 1.82) is 0 Å². The van der Waals surface area contributed by atoms with Gasteiger partial charge in [0.05, 0.1) is 6.61 Å². The van der Waals surface area contributed by atoms with Gasteiger partial charge in [0.25, 0.3) is 11.8 Å². The number of hydrogen-bond donors (Lipinski definition) is 3. The Kier molecular flexibility index (Phi) is 4.95. The summed E-state index contributed by atoms with van der Waals surface area (Å²) in [5.74, 6) is -1.92.